The zero-order chi connectivity index (χ0) is 17.9. The van der Waals surface area contributed by atoms with Gasteiger partial charge in [0.1, 0.15) is 11.6 Å². The van der Waals surface area contributed by atoms with Crippen molar-refractivity contribution in [1.29, 1.82) is 0 Å². The van der Waals surface area contributed by atoms with Gasteiger partial charge in [-0.3, -0.25) is 9.59 Å². The van der Waals surface area contributed by atoms with Crippen molar-refractivity contribution < 1.29 is 9.59 Å². The molecule has 0 amide bonds. The Kier molecular flexibility index (Phi) is 17.7. The minimum atomic E-state index is 0.410. The zero-order valence-electron chi connectivity index (χ0n) is 16.3. The van der Waals surface area contributed by atoms with E-state index in [1.165, 1.54) is 64.2 Å². The Morgan fingerprint density at radius 1 is 0.542 bits per heavy atom. The Balaban J connectivity index is 3.16. The lowest BCUT2D eigenvalue weighted by Crippen LogP contribution is -1.94. The second-order valence-electron chi connectivity index (χ2n) is 6.87. The van der Waals surface area contributed by atoms with Crippen molar-refractivity contribution in [2.45, 2.75) is 117 Å². The number of carbonyl (C=O) groups is 2. The van der Waals surface area contributed by atoms with Crippen LogP contribution in [0.25, 0.3) is 0 Å². The molecule has 0 fully saturated rings. The van der Waals surface area contributed by atoms with Crippen LogP contribution in [0.5, 0.6) is 0 Å². The zero-order valence-corrected chi connectivity index (χ0v) is 16.3. The third kappa shape index (κ3) is 17.4. The van der Waals surface area contributed by atoms with Crippen LogP contribution in [0.4, 0.5) is 0 Å². The molecule has 0 aromatic rings. The highest BCUT2D eigenvalue weighted by Crippen LogP contribution is 2.10. The van der Waals surface area contributed by atoms with Crippen LogP contribution < -0.4 is 0 Å². The highest BCUT2D eigenvalue weighted by Gasteiger charge is 1.98. The van der Waals surface area contributed by atoms with E-state index in [4.69, 9.17) is 0 Å². The summed E-state index contributed by atoms with van der Waals surface area (Å²) in [6.45, 7) is 3.90. The van der Waals surface area contributed by atoms with E-state index in [1.54, 1.807) is 0 Å². The summed E-state index contributed by atoms with van der Waals surface area (Å²) in [5.74, 6) is 0.819. The Morgan fingerprint density at radius 2 is 0.875 bits per heavy atom. The molecule has 0 saturated heterocycles. The molecule has 0 saturated carbocycles. The van der Waals surface area contributed by atoms with Crippen molar-refractivity contribution in [1.82, 2.24) is 0 Å². The summed E-state index contributed by atoms with van der Waals surface area (Å²) >= 11 is 0. The largest absolute Gasteiger partial charge is 0.300 e. The number of Topliss-reactive ketones (excluding diaryl/α,β-unsaturated/α-hetero) is 2. The molecule has 24 heavy (non-hydrogen) atoms. The topological polar surface area (TPSA) is 34.1 Å². The lowest BCUT2D eigenvalue weighted by Gasteiger charge is -2.00. The van der Waals surface area contributed by atoms with Crippen LogP contribution in [0, 0.1) is 0 Å². The number of unbranched alkanes of at least 4 members (excludes halogenated alkanes) is 10. The van der Waals surface area contributed by atoms with Gasteiger partial charge < -0.3 is 0 Å². The number of allylic oxidation sites excluding steroid dienone is 2. The first-order valence-electron chi connectivity index (χ1n) is 10.4. The molecule has 0 spiro atoms. The van der Waals surface area contributed by atoms with Gasteiger partial charge in [-0.2, -0.15) is 0 Å². The molecule has 0 aromatic carbocycles. The van der Waals surface area contributed by atoms with Gasteiger partial charge in [-0.05, 0) is 38.5 Å². The van der Waals surface area contributed by atoms with E-state index in [0.717, 1.165) is 25.7 Å². The average Bonchev–Trinajstić information content (AvgIpc) is 2.60. The monoisotopic (exact) mass is 336 g/mol. The van der Waals surface area contributed by atoms with Gasteiger partial charge in [-0.15, -0.1) is 0 Å². The Hall–Kier alpha value is -0.920. The minimum Gasteiger partial charge on any atom is -0.300 e. The number of rotatable bonds is 18. The van der Waals surface area contributed by atoms with Crippen molar-refractivity contribution in [3.8, 4) is 0 Å². The summed E-state index contributed by atoms with van der Waals surface area (Å²) in [5.41, 5.74) is 0. The molecule has 0 aliphatic carbocycles. The smallest absolute Gasteiger partial charge is 0.132 e. The SMILES string of the molecule is CCC(=O)CCCCCCC/C=C/CCCCCCCC(=O)CC. The number of carbonyl (C=O) groups excluding carboxylic acids is 2. The first-order valence-corrected chi connectivity index (χ1v) is 10.4. The third-order valence-corrected chi connectivity index (χ3v) is 4.61. The fourth-order valence-corrected chi connectivity index (χ4v) is 2.82. The molecule has 140 valence electrons. The van der Waals surface area contributed by atoms with Crippen LogP contribution in [0.3, 0.4) is 0 Å². The van der Waals surface area contributed by atoms with Crippen molar-refractivity contribution in [2.75, 3.05) is 0 Å². The van der Waals surface area contributed by atoms with Crippen molar-refractivity contribution >= 4 is 11.6 Å². The highest BCUT2D eigenvalue weighted by molar-refractivity contribution is 5.78. The predicted octanol–water partition coefficient (Wildman–Crippen LogP) is 6.96. The maximum absolute atomic E-state index is 11.2. The molecule has 0 radical (unpaired) electrons. The van der Waals surface area contributed by atoms with Crippen LogP contribution in [0.1, 0.15) is 117 Å². The van der Waals surface area contributed by atoms with Crippen molar-refractivity contribution in [3.05, 3.63) is 12.2 Å². The lowest BCUT2D eigenvalue weighted by atomic mass is 10.1. The standard InChI is InChI=1S/C22H40O2/c1-3-21(23)19-17-15-13-11-9-7-5-6-8-10-12-14-16-18-20-22(24)4-2/h5-6H,3-4,7-20H2,1-2H3/b6-5+. The van der Waals surface area contributed by atoms with Gasteiger partial charge in [0, 0.05) is 25.7 Å². The molecule has 0 atom stereocenters. The quantitative estimate of drug-likeness (QED) is 0.200. The summed E-state index contributed by atoms with van der Waals surface area (Å²) in [6.07, 6.45) is 22.3. The molecule has 0 unspecified atom stereocenters. The molecule has 2 heteroatoms. The van der Waals surface area contributed by atoms with E-state index in [0.29, 0.717) is 24.4 Å². The van der Waals surface area contributed by atoms with E-state index >= 15 is 0 Å². The van der Waals surface area contributed by atoms with Crippen molar-refractivity contribution in [3.63, 3.8) is 0 Å². The first-order chi connectivity index (χ1) is 11.7. The molecule has 0 aliphatic heterocycles. The summed E-state index contributed by atoms with van der Waals surface area (Å²) in [6, 6.07) is 0. The van der Waals surface area contributed by atoms with E-state index in [9.17, 15) is 9.59 Å². The van der Waals surface area contributed by atoms with Crippen LogP contribution in [-0.2, 0) is 9.59 Å². The van der Waals surface area contributed by atoms with Gasteiger partial charge in [0.2, 0.25) is 0 Å². The van der Waals surface area contributed by atoms with E-state index in [2.05, 4.69) is 12.2 Å². The molecule has 0 aromatic heterocycles. The van der Waals surface area contributed by atoms with Crippen LogP contribution >= 0.6 is 0 Å². The summed E-state index contributed by atoms with van der Waals surface area (Å²) in [7, 11) is 0. The first kappa shape index (κ1) is 23.1. The van der Waals surface area contributed by atoms with Gasteiger partial charge in [0.05, 0.1) is 0 Å². The molecular weight excluding hydrogens is 296 g/mol. The van der Waals surface area contributed by atoms with Gasteiger partial charge in [0.15, 0.2) is 0 Å². The number of hydrogen-bond donors (Lipinski definition) is 0. The molecule has 0 aliphatic rings. The molecule has 2 nitrogen and oxygen atoms in total. The third-order valence-electron chi connectivity index (χ3n) is 4.61. The van der Waals surface area contributed by atoms with Crippen molar-refractivity contribution in [2.24, 2.45) is 0 Å². The second kappa shape index (κ2) is 18.4. The van der Waals surface area contributed by atoms with Gasteiger partial charge in [-0.1, -0.05) is 64.5 Å². The molecular formula is C22H40O2. The van der Waals surface area contributed by atoms with Gasteiger partial charge >= 0.3 is 0 Å². The van der Waals surface area contributed by atoms with E-state index in [1.807, 2.05) is 13.8 Å². The van der Waals surface area contributed by atoms with Crippen LogP contribution in [-0.4, -0.2) is 11.6 Å². The summed E-state index contributed by atoms with van der Waals surface area (Å²) < 4.78 is 0. The van der Waals surface area contributed by atoms with Gasteiger partial charge in [0.25, 0.3) is 0 Å². The molecule has 0 rings (SSSR count). The normalized spacial score (nSPS) is 11.2. The maximum atomic E-state index is 11.2. The molecule has 0 bridgehead atoms. The van der Waals surface area contributed by atoms with Gasteiger partial charge in [-0.25, -0.2) is 0 Å². The molecule has 0 heterocycles. The molecule has 0 N–H and O–H groups in total. The summed E-state index contributed by atoms with van der Waals surface area (Å²) in [5, 5.41) is 0. The Morgan fingerprint density at radius 3 is 1.25 bits per heavy atom. The second-order valence-corrected chi connectivity index (χ2v) is 6.87. The Labute approximate surface area is 150 Å². The van der Waals surface area contributed by atoms with E-state index < -0.39 is 0 Å². The van der Waals surface area contributed by atoms with Crippen LogP contribution in [0.15, 0.2) is 12.2 Å². The Bertz CT molecular complexity index is 299. The average molecular weight is 337 g/mol. The fourth-order valence-electron chi connectivity index (χ4n) is 2.82. The number of ketones is 2. The summed E-state index contributed by atoms with van der Waals surface area (Å²) in [4.78, 5) is 22.3. The minimum absolute atomic E-state index is 0.410. The maximum Gasteiger partial charge on any atom is 0.132 e. The lowest BCUT2D eigenvalue weighted by molar-refractivity contribution is -0.119. The highest BCUT2D eigenvalue weighted by atomic mass is 16.1. The predicted molar refractivity (Wildman–Crippen MR) is 104 cm³/mol. The van der Waals surface area contributed by atoms with Crippen LogP contribution in [0.2, 0.25) is 0 Å². The fraction of sp³-hybridized carbons (Fsp3) is 0.818. The number of hydrogen-bond acceptors (Lipinski definition) is 2. The van der Waals surface area contributed by atoms with E-state index in [-0.39, 0.29) is 0 Å².